The van der Waals surface area contributed by atoms with E-state index in [4.69, 9.17) is 0 Å². The maximum atomic E-state index is 11.8. The van der Waals surface area contributed by atoms with E-state index in [0.717, 1.165) is 6.54 Å². The van der Waals surface area contributed by atoms with Crippen LogP contribution in [0.25, 0.3) is 0 Å². The van der Waals surface area contributed by atoms with Crippen molar-refractivity contribution in [3.8, 4) is 0 Å². The number of fused-ring (bicyclic) bond motifs is 2. The van der Waals surface area contributed by atoms with Gasteiger partial charge in [0.05, 0.1) is 6.54 Å². The fourth-order valence-electron chi connectivity index (χ4n) is 4.08. The first-order chi connectivity index (χ1) is 7.71. The van der Waals surface area contributed by atoms with E-state index in [0.29, 0.717) is 23.4 Å². The van der Waals surface area contributed by atoms with Crippen LogP contribution in [-0.4, -0.2) is 48.9 Å². The van der Waals surface area contributed by atoms with Crippen LogP contribution in [0.3, 0.4) is 0 Å². The summed E-state index contributed by atoms with van der Waals surface area (Å²) in [7, 11) is 3.69. The Balaban J connectivity index is 2.06. The van der Waals surface area contributed by atoms with Crippen LogP contribution < -0.4 is 0 Å². The molecule has 1 heterocycles. The molecule has 0 spiro atoms. The molecule has 2 unspecified atom stereocenters. The summed E-state index contributed by atoms with van der Waals surface area (Å²) in [5, 5.41) is 0. The minimum absolute atomic E-state index is 0.235. The minimum Gasteiger partial charge on any atom is -0.348 e. The Hall–Kier alpha value is -0.570. The Morgan fingerprint density at radius 2 is 1.94 bits per heavy atom. The van der Waals surface area contributed by atoms with Gasteiger partial charge in [0.2, 0.25) is 5.91 Å². The Morgan fingerprint density at radius 1 is 1.29 bits per heavy atom. The van der Waals surface area contributed by atoms with Gasteiger partial charge in [-0.3, -0.25) is 9.69 Å². The molecule has 2 fully saturated rings. The molecule has 0 N–H and O–H groups in total. The van der Waals surface area contributed by atoms with Crippen LogP contribution >= 0.6 is 0 Å². The summed E-state index contributed by atoms with van der Waals surface area (Å²) in [6.45, 7) is 8.83. The standard InChI is InChI=1S/C14H26N2O/c1-13(2)6-11-7-14(3,9-13)10-16(11)8-12(17)15(4)5/h11H,6-10H2,1-5H3. The maximum Gasteiger partial charge on any atom is 0.236 e. The monoisotopic (exact) mass is 238 g/mol. The molecule has 1 aliphatic carbocycles. The normalized spacial score (nSPS) is 35.9. The highest BCUT2D eigenvalue weighted by atomic mass is 16.2. The van der Waals surface area contributed by atoms with Crippen molar-refractivity contribution in [2.24, 2.45) is 10.8 Å². The van der Waals surface area contributed by atoms with Crippen molar-refractivity contribution < 1.29 is 4.79 Å². The van der Waals surface area contributed by atoms with E-state index in [1.807, 2.05) is 14.1 Å². The van der Waals surface area contributed by atoms with E-state index >= 15 is 0 Å². The third kappa shape index (κ3) is 2.65. The van der Waals surface area contributed by atoms with Crippen molar-refractivity contribution in [2.45, 2.75) is 46.1 Å². The van der Waals surface area contributed by atoms with Crippen molar-refractivity contribution in [1.29, 1.82) is 0 Å². The number of hydrogen-bond acceptors (Lipinski definition) is 2. The average molecular weight is 238 g/mol. The highest BCUT2D eigenvalue weighted by Crippen LogP contribution is 2.52. The Labute approximate surface area is 105 Å². The predicted octanol–water partition coefficient (Wildman–Crippen LogP) is 1.98. The third-order valence-electron chi connectivity index (χ3n) is 4.36. The van der Waals surface area contributed by atoms with Crippen LogP contribution in [0.4, 0.5) is 0 Å². The molecule has 3 nitrogen and oxygen atoms in total. The smallest absolute Gasteiger partial charge is 0.236 e. The van der Waals surface area contributed by atoms with Crippen LogP contribution in [0, 0.1) is 10.8 Å². The van der Waals surface area contributed by atoms with Crippen LogP contribution in [0.2, 0.25) is 0 Å². The van der Waals surface area contributed by atoms with Gasteiger partial charge in [0.25, 0.3) is 0 Å². The lowest BCUT2D eigenvalue weighted by atomic mass is 9.65. The van der Waals surface area contributed by atoms with Gasteiger partial charge >= 0.3 is 0 Å². The van der Waals surface area contributed by atoms with Crippen molar-refractivity contribution in [2.75, 3.05) is 27.2 Å². The molecule has 17 heavy (non-hydrogen) atoms. The molecule has 0 aromatic heterocycles. The maximum absolute atomic E-state index is 11.8. The molecular weight excluding hydrogens is 212 g/mol. The first-order valence-electron chi connectivity index (χ1n) is 6.65. The molecule has 2 atom stereocenters. The topological polar surface area (TPSA) is 23.6 Å². The summed E-state index contributed by atoms with van der Waals surface area (Å²) in [4.78, 5) is 16.0. The van der Waals surface area contributed by atoms with Gasteiger partial charge in [-0.05, 0) is 30.1 Å². The van der Waals surface area contributed by atoms with Crippen LogP contribution in [-0.2, 0) is 4.79 Å². The second kappa shape index (κ2) is 3.98. The van der Waals surface area contributed by atoms with E-state index in [2.05, 4.69) is 25.7 Å². The molecule has 0 aromatic carbocycles. The summed E-state index contributed by atoms with van der Waals surface area (Å²) in [6, 6.07) is 0.618. The van der Waals surface area contributed by atoms with E-state index < -0.39 is 0 Å². The summed E-state index contributed by atoms with van der Waals surface area (Å²) in [6.07, 6.45) is 3.81. The van der Waals surface area contributed by atoms with E-state index in [1.54, 1.807) is 4.90 Å². The Bertz CT molecular complexity index is 324. The summed E-state index contributed by atoms with van der Waals surface area (Å²) < 4.78 is 0. The molecule has 1 aliphatic heterocycles. The van der Waals surface area contributed by atoms with Gasteiger partial charge in [-0.2, -0.15) is 0 Å². The Kier molecular flexibility index (Phi) is 3.01. The summed E-state index contributed by atoms with van der Waals surface area (Å²) in [5.74, 6) is 0.235. The lowest BCUT2D eigenvalue weighted by Crippen LogP contribution is -2.40. The summed E-state index contributed by atoms with van der Waals surface area (Å²) >= 11 is 0. The molecule has 98 valence electrons. The van der Waals surface area contributed by atoms with Crippen molar-refractivity contribution >= 4 is 5.91 Å². The van der Waals surface area contributed by atoms with Gasteiger partial charge in [0, 0.05) is 26.7 Å². The zero-order chi connectivity index (χ0) is 12.8. The predicted molar refractivity (Wildman–Crippen MR) is 69.8 cm³/mol. The number of carbonyl (C=O) groups excluding carboxylic acids is 1. The number of rotatable bonds is 2. The molecule has 1 saturated heterocycles. The fourth-order valence-corrected chi connectivity index (χ4v) is 4.08. The molecule has 2 bridgehead atoms. The van der Waals surface area contributed by atoms with Gasteiger partial charge in [-0.1, -0.05) is 20.8 Å². The molecule has 2 rings (SSSR count). The lowest BCUT2D eigenvalue weighted by molar-refractivity contribution is -0.130. The molecule has 1 saturated carbocycles. The first-order valence-corrected chi connectivity index (χ1v) is 6.65. The zero-order valence-corrected chi connectivity index (χ0v) is 11.9. The van der Waals surface area contributed by atoms with Crippen molar-refractivity contribution in [1.82, 2.24) is 9.80 Å². The van der Waals surface area contributed by atoms with Gasteiger partial charge in [-0.25, -0.2) is 0 Å². The van der Waals surface area contributed by atoms with Gasteiger partial charge in [-0.15, -0.1) is 0 Å². The average Bonchev–Trinajstić information content (AvgIpc) is 2.34. The highest BCUT2D eigenvalue weighted by Gasteiger charge is 2.49. The van der Waals surface area contributed by atoms with Crippen LogP contribution in [0.15, 0.2) is 0 Å². The third-order valence-corrected chi connectivity index (χ3v) is 4.36. The largest absolute Gasteiger partial charge is 0.348 e. The molecule has 0 radical (unpaired) electrons. The highest BCUT2D eigenvalue weighted by molar-refractivity contribution is 5.77. The molecule has 2 aliphatic rings. The number of carbonyl (C=O) groups is 1. The number of nitrogens with zero attached hydrogens (tertiary/aromatic N) is 2. The molecule has 1 amide bonds. The van der Waals surface area contributed by atoms with Gasteiger partial charge in [0.15, 0.2) is 0 Å². The second-order valence-electron chi connectivity index (χ2n) is 7.41. The van der Waals surface area contributed by atoms with Gasteiger partial charge < -0.3 is 4.90 Å². The molecular formula is C14H26N2O. The SMILES string of the molecule is CN(C)C(=O)CN1CC2(C)CC1CC(C)(C)C2. The first kappa shape index (κ1) is 12.9. The minimum atomic E-state index is 0.235. The Morgan fingerprint density at radius 3 is 2.53 bits per heavy atom. The number of likely N-dealkylation sites (N-methyl/N-ethyl adjacent to an activating group) is 1. The van der Waals surface area contributed by atoms with Crippen LogP contribution in [0.1, 0.15) is 40.0 Å². The van der Waals surface area contributed by atoms with E-state index in [-0.39, 0.29) is 5.91 Å². The lowest BCUT2D eigenvalue weighted by Gasteiger charge is -2.39. The number of hydrogen-bond donors (Lipinski definition) is 0. The van der Waals surface area contributed by atoms with Crippen LogP contribution in [0.5, 0.6) is 0 Å². The molecule has 3 heteroatoms. The second-order valence-corrected chi connectivity index (χ2v) is 7.41. The van der Waals surface area contributed by atoms with E-state index in [9.17, 15) is 4.79 Å². The van der Waals surface area contributed by atoms with Crippen molar-refractivity contribution in [3.63, 3.8) is 0 Å². The summed E-state index contributed by atoms with van der Waals surface area (Å²) in [5.41, 5.74) is 0.868. The zero-order valence-electron chi connectivity index (χ0n) is 11.9. The fraction of sp³-hybridized carbons (Fsp3) is 0.929. The molecule has 0 aromatic rings. The van der Waals surface area contributed by atoms with E-state index in [1.165, 1.54) is 19.3 Å². The number of likely N-dealkylation sites (tertiary alicyclic amines) is 1. The quantitative estimate of drug-likeness (QED) is 0.734. The van der Waals surface area contributed by atoms with Gasteiger partial charge in [0.1, 0.15) is 0 Å². The number of amides is 1. The van der Waals surface area contributed by atoms with Crippen molar-refractivity contribution in [3.05, 3.63) is 0 Å².